The topological polar surface area (TPSA) is 72.5 Å². The standard InChI is InChI=1S/C8H17NO3/c1-2-3-4-5-12-8(11)7(9)6-10/h7,10H,2-6,9H2,1H3/t7-/m1/s1. The van der Waals surface area contributed by atoms with Crippen LogP contribution in [-0.2, 0) is 9.53 Å². The van der Waals surface area contributed by atoms with E-state index in [-0.39, 0.29) is 6.61 Å². The van der Waals surface area contributed by atoms with E-state index in [1.54, 1.807) is 0 Å². The van der Waals surface area contributed by atoms with Gasteiger partial charge in [-0.3, -0.25) is 4.79 Å². The Balaban J connectivity index is 3.31. The Morgan fingerprint density at radius 3 is 2.75 bits per heavy atom. The number of ether oxygens (including phenoxy) is 1. The monoisotopic (exact) mass is 175 g/mol. The van der Waals surface area contributed by atoms with Crippen LogP contribution in [0.1, 0.15) is 26.2 Å². The molecule has 4 heteroatoms. The second-order valence-electron chi connectivity index (χ2n) is 2.66. The van der Waals surface area contributed by atoms with Crippen molar-refractivity contribution >= 4 is 5.97 Å². The lowest BCUT2D eigenvalue weighted by Gasteiger charge is -2.07. The molecule has 0 aromatic heterocycles. The summed E-state index contributed by atoms with van der Waals surface area (Å²) in [5.41, 5.74) is 5.21. The minimum Gasteiger partial charge on any atom is -0.464 e. The van der Waals surface area contributed by atoms with Crippen LogP contribution in [0.4, 0.5) is 0 Å². The average Bonchev–Trinajstić information content (AvgIpc) is 2.10. The number of nitrogens with two attached hydrogens (primary N) is 1. The van der Waals surface area contributed by atoms with E-state index in [9.17, 15) is 4.79 Å². The lowest BCUT2D eigenvalue weighted by molar-refractivity contribution is -0.146. The molecular weight excluding hydrogens is 158 g/mol. The largest absolute Gasteiger partial charge is 0.464 e. The second-order valence-corrected chi connectivity index (χ2v) is 2.66. The van der Waals surface area contributed by atoms with Crippen LogP contribution in [0.3, 0.4) is 0 Å². The number of esters is 1. The van der Waals surface area contributed by atoms with E-state index < -0.39 is 12.0 Å². The summed E-state index contributed by atoms with van der Waals surface area (Å²) in [5.74, 6) is -0.520. The maximum absolute atomic E-state index is 10.8. The fourth-order valence-electron chi connectivity index (χ4n) is 0.706. The smallest absolute Gasteiger partial charge is 0.325 e. The summed E-state index contributed by atoms with van der Waals surface area (Å²) < 4.78 is 4.77. The number of hydrogen-bond donors (Lipinski definition) is 2. The minimum atomic E-state index is -0.883. The van der Waals surface area contributed by atoms with Crippen molar-refractivity contribution in [1.82, 2.24) is 0 Å². The zero-order valence-electron chi connectivity index (χ0n) is 7.45. The quantitative estimate of drug-likeness (QED) is 0.441. The Labute approximate surface area is 72.7 Å². The first kappa shape index (κ1) is 11.4. The van der Waals surface area contributed by atoms with Crippen LogP contribution in [0, 0.1) is 0 Å². The summed E-state index contributed by atoms with van der Waals surface area (Å²) in [6.45, 7) is 2.12. The van der Waals surface area contributed by atoms with Crippen molar-refractivity contribution in [3.8, 4) is 0 Å². The predicted molar refractivity (Wildman–Crippen MR) is 45.5 cm³/mol. The molecule has 3 N–H and O–H groups in total. The fourth-order valence-corrected chi connectivity index (χ4v) is 0.706. The highest BCUT2D eigenvalue weighted by molar-refractivity contribution is 5.75. The van der Waals surface area contributed by atoms with E-state index in [1.807, 2.05) is 0 Å². The van der Waals surface area contributed by atoms with E-state index in [0.717, 1.165) is 19.3 Å². The first-order chi connectivity index (χ1) is 5.72. The molecule has 0 aromatic rings. The Morgan fingerprint density at radius 1 is 1.58 bits per heavy atom. The van der Waals surface area contributed by atoms with Gasteiger partial charge in [-0.05, 0) is 6.42 Å². The second kappa shape index (κ2) is 7.06. The predicted octanol–water partition coefficient (Wildman–Crippen LogP) is 0.0394. The third-order valence-corrected chi connectivity index (χ3v) is 1.49. The first-order valence-corrected chi connectivity index (χ1v) is 4.25. The molecule has 0 unspecified atom stereocenters. The third-order valence-electron chi connectivity index (χ3n) is 1.49. The molecule has 12 heavy (non-hydrogen) atoms. The maximum atomic E-state index is 10.8. The molecule has 0 aliphatic carbocycles. The molecule has 1 atom stereocenters. The SMILES string of the molecule is CCCCCOC(=O)[C@H](N)CO. The van der Waals surface area contributed by atoms with Gasteiger partial charge >= 0.3 is 5.97 Å². The van der Waals surface area contributed by atoms with Gasteiger partial charge in [0.05, 0.1) is 13.2 Å². The van der Waals surface area contributed by atoms with Gasteiger partial charge < -0.3 is 15.6 Å². The maximum Gasteiger partial charge on any atom is 0.325 e. The molecule has 0 aliphatic heterocycles. The zero-order chi connectivity index (χ0) is 9.40. The summed E-state index contributed by atoms with van der Waals surface area (Å²) in [5, 5.41) is 8.48. The van der Waals surface area contributed by atoms with Crippen LogP contribution < -0.4 is 5.73 Å². The van der Waals surface area contributed by atoms with Crippen LogP contribution >= 0.6 is 0 Å². The van der Waals surface area contributed by atoms with Gasteiger partial charge in [0.25, 0.3) is 0 Å². The molecule has 0 spiro atoms. The Bertz CT molecular complexity index is 127. The van der Waals surface area contributed by atoms with Crippen molar-refractivity contribution < 1.29 is 14.6 Å². The molecule has 0 aliphatic rings. The number of aliphatic hydroxyl groups is 1. The number of hydrogen-bond acceptors (Lipinski definition) is 4. The number of rotatable bonds is 6. The molecule has 0 bridgehead atoms. The minimum absolute atomic E-state index is 0.355. The zero-order valence-corrected chi connectivity index (χ0v) is 7.45. The Kier molecular flexibility index (Phi) is 6.70. The Morgan fingerprint density at radius 2 is 2.25 bits per heavy atom. The molecule has 0 amide bonds. The molecule has 0 radical (unpaired) electrons. The molecule has 0 rings (SSSR count). The average molecular weight is 175 g/mol. The van der Waals surface area contributed by atoms with E-state index in [1.165, 1.54) is 0 Å². The normalized spacial score (nSPS) is 12.6. The molecular formula is C8H17NO3. The van der Waals surface area contributed by atoms with Crippen LogP contribution in [0.15, 0.2) is 0 Å². The molecule has 0 saturated heterocycles. The highest BCUT2D eigenvalue weighted by Crippen LogP contribution is 1.95. The van der Waals surface area contributed by atoms with Gasteiger partial charge in [0.15, 0.2) is 0 Å². The molecule has 72 valence electrons. The summed E-state index contributed by atoms with van der Waals surface area (Å²) in [6, 6.07) is -0.883. The van der Waals surface area contributed by atoms with Crippen molar-refractivity contribution in [3.63, 3.8) is 0 Å². The molecule has 4 nitrogen and oxygen atoms in total. The van der Waals surface area contributed by atoms with Crippen molar-refractivity contribution in [1.29, 1.82) is 0 Å². The van der Waals surface area contributed by atoms with Crippen molar-refractivity contribution in [2.24, 2.45) is 5.73 Å². The summed E-state index contributed by atoms with van der Waals surface area (Å²) >= 11 is 0. The van der Waals surface area contributed by atoms with Gasteiger partial charge in [-0.1, -0.05) is 19.8 Å². The number of unbranched alkanes of at least 4 members (excludes halogenated alkanes) is 2. The first-order valence-electron chi connectivity index (χ1n) is 4.25. The van der Waals surface area contributed by atoms with Crippen LogP contribution in [0.2, 0.25) is 0 Å². The highest BCUT2D eigenvalue weighted by Gasteiger charge is 2.12. The van der Waals surface area contributed by atoms with Crippen molar-refractivity contribution in [2.75, 3.05) is 13.2 Å². The van der Waals surface area contributed by atoms with E-state index >= 15 is 0 Å². The lowest BCUT2D eigenvalue weighted by atomic mass is 10.3. The van der Waals surface area contributed by atoms with E-state index in [4.69, 9.17) is 15.6 Å². The Hall–Kier alpha value is -0.610. The summed E-state index contributed by atoms with van der Waals surface area (Å²) in [6.07, 6.45) is 2.99. The highest BCUT2D eigenvalue weighted by atomic mass is 16.5. The molecule has 0 saturated carbocycles. The van der Waals surface area contributed by atoms with Crippen LogP contribution in [-0.4, -0.2) is 30.3 Å². The van der Waals surface area contributed by atoms with Gasteiger partial charge in [-0.2, -0.15) is 0 Å². The van der Waals surface area contributed by atoms with Crippen LogP contribution in [0.25, 0.3) is 0 Å². The molecule has 0 heterocycles. The van der Waals surface area contributed by atoms with Crippen LogP contribution in [0.5, 0.6) is 0 Å². The van der Waals surface area contributed by atoms with Gasteiger partial charge in [0, 0.05) is 0 Å². The third kappa shape index (κ3) is 5.09. The molecule has 0 aromatic carbocycles. The number of carbonyl (C=O) groups is 1. The van der Waals surface area contributed by atoms with Crippen molar-refractivity contribution in [3.05, 3.63) is 0 Å². The van der Waals surface area contributed by atoms with E-state index in [0.29, 0.717) is 6.61 Å². The van der Waals surface area contributed by atoms with Gasteiger partial charge in [0.1, 0.15) is 6.04 Å². The van der Waals surface area contributed by atoms with Gasteiger partial charge in [-0.15, -0.1) is 0 Å². The lowest BCUT2D eigenvalue weighted by Crippen LogP contribution is -2.35. The van der Waals surface area contributed by atoms with Gasteiger partial charge in [-0.25, -0.2) is 0 Å². The fraction of sp³-hybridized carbons (Fsp3) is 0.875. The number of aliphatic hydroxyl groups excluding tert-OH is 1. The van der Waals surface area contributed by atoms with Crippen molar-refractivity contribution in [2.45, 2.75) is 32.2 Å². The van der Waals surface area contributed by atoms with E-state index in [2.05, 4.69) is 6.92 Å². The molecule has 0 fully saturated rings. The van der Waals surface area contributed by atoms with Gasteiger partial charge in [0.2, 0.25) is 0 Å². The number of carbonyl (C=O) groups excluding carboxylic acids is 1. The summed E-state index contributed by atoms with van der Waals surface area (Å²) in [7, 11) is 0. The summed E-state index contributed by atoms with van der Waals surface area (Å²) in [4.78, 5) is 10.8.